The van der Waals surface area contributed by atoms with Crippen LogP contribution in [0.15, 0.2) is 36.5 Å². The molecule has 0 radical (unpaired) electrons. The van der Waals surface area contributed by atoms with Gasteiger partial charge in [-0.2, -0.15) is 5.26 Å². The first kappa shape index (κ1) is 10.9. The number of halogens is 2. The van der Waals surface area contributed by atoms with Crippen molar-refractivity contribution < 1.29 is 0 Å². The third-order valence-corrected chi connectivity index (χ3v) is 2.48. The molecule has 0 amide bonds. The molecule has 0 saturated heterocycles. The lowest BCUT2D eigenvalue weighted by atomic mass is 10.1. The molecule has 1 heterocycles. The number of benzene rings is 1. The largest absolute Gasteiger partial charge is 0.256 e. The molecule has 78 valence electrons. The summed E-state index contributed by atoms with van der Waals surface area (Å²) in [5.41, 5.74) is 2.04. The maximum absolute atomic E-state index is 8.79. The number of nitrogens with zero attached hydrogens (tertiary/aromatic N) is 2. The summed E-state index contributed by atoms with van der Waals surface area (Å²) in [4.78, 5) is 4.17. The Labute approximate surface area is 103 Å². The summed E-state index contributed by atoms with van der Waals surface area (Å²) in [5, 5.41) is 9.88. The van der Waals surface area contributed by atoms with Crippen LogP contribution in [0.4, 0.5) is 0 Å². The molecular formula is C12H6Cl2N2. The van der Waals surface area contributed by atoms with E-state index in [0.29, 0.717) is 21.3 Å². The standard InChI is InChI=1S/C12H6Cl2N2/c13-10-4-9(5-11(14)6-10)12-3-8(7-15)1-2-16-12/h1-6H. The van der Waals surface area contributed by atoms with Crippen LogP contribution in [-0.2, 0) is 0 Å². The van der Waals surface area contributed by atoms with Crippen LogP contribution in [0, 0.1) is 11.3 Å². The fraction of sp³-hybridized carbons (Fsp3) is 0. The number of hydrogen-bond acceptors (Lipinski definition) is 2. The predicted octanol–water partition coefficient (Wildman–Crippen LogP) is 3.93. The van der Waals surface area contributed by atoms with Crippen molar-refractivity contribution in [1.29, 1.82) is 5.26 Å². The fourth-order valence-corrected chi connectivity index (χ4v) is 1.89. The van der Waals surface area contributed by atoms with Gasteiger partial charge in [0.25, 0.3) is 0 Å². The van der Waals surface area contributed by atoms with Gasteiger partial charge in [0.1, 0.15) is 0 Å². The molecule has 2 aromatic rings. The van der Waals surface area contributed by atoms with Gasteiger partial charge in [0.15, 0.2) is 0 Å². The Bertz CT molecular complexity index is 553. The van der Waals surface area contributed by atoms with Crippen molar-refractivity contribution in [2.24, 2.45) is 0 Å². The van der Waals surface area contributed by atoms with Gasteiger partial charge in [-0.3, -0.25) is 4.98 Å². The normalized spacial score (nSPS) is 9.81. The third-order valence-electron chi connectivity index (χ3n) is 2.05. The second-order valence-electron chi connectivity index (χ2n) is 3.20. The summed E-state index contributed by atoms with van der Waals surface area (Å²) in [6.45, 7) is 0. The van der Waals surface area contributed by atoms with Gasteiger partial charge in [-0.25, -0.2) is 0 Å². The highest BCUT2D eigenvalue weighted by atomic mass is 35.5. The van der Waals surface area contributed by atoms with Crippen molar-refractivity contribution in [3.63, 3.8) is 0 Å². The number of pyridine rings is 1. The second-order valence-corrected chi connectivity index (χ2v) is 4.07. The topological polar surface area (TPSA) is 36.7 Å². The zero-order chi connectivity index (χ0) is 11.5. The van der Waals surface area contributed by atoms with E-state index in [1.165, 1.54) is 0 Å². The van der Waals surface area contributed by atoms with Gasteiger partial charge >= 0.3 is 0 Å². The molecule has 1 aromatic carbocycles. The molecule has 0 bridgehead atoms. The van der Waals surface area contributed by atoms with Crippen LogP contribution in [0.3, 0.4) is 0 Å². The molecule has 0 aliphatic rings. The van der Waals surface area contributed by atoms with E-state index in [0.717, 1.165) is 5.56 Å². The molecule has 0 aliphatic heterocycles. The van der Waals surface area contributed by atoms with Gasteiger partial charge in [0, 0.05) is 21.8 Å². The summed E-state index contributed by atoms with van der Waals surface area (Å²) < 4.78 is 0. The second kappa shape index (κ2) is 4.52. The van der Waals surface area contributed by atoms with E-state index in [-0.39, 0.29) is 0 Å². The molecule has 0 unspecified atom stereocenters. The monoisotopic (exact) mass is 248 g/mol. The van der Waals surface area contributed by atoms with E-state index in [1.54, 1.807) is 36.5 Å². The first-order valence-electron chi connectivity index (χ1n) is 4.51. The molecule has 0 saturated carbocycles. The molecule has 0 N–H and O–H groups in total. The van der Waals surface area contributed by atoms with E-state index >= 15 is 0 Å². The van der Waals surface area contributed by atoms with Gasteiger partial charge in [0.05, 0.1) is 17.3 Å². The lowest BCUT2D eigenvalue weighted by Gasteiger charge is -2.02. The predicted molar refractivity (Wildman–Crippen MR) is 64.4 cm³/mol. The van der Waals surface area contributed by atoms with Crippen molar-refractivity contribution in [3.8, 4) is 17.3 Å². The molecule has 0 spiro atoms. The highest BCUT2D eigenvalue weighted by molar-refractivity contribution is 6.35. The first-order chi connectivity index (χ1) is 7.69. The number of nitriles is 1. The minimum Gasteiger partial charge on any atom is -0.256 e. The Kier molecular flexibility index (Phi) is 3.09. The van der Waals surface area contributed by atoms with Crippen LogP contribution >= 0.6 is 23.2 Å². The van der Waals surface area contributed by atoms with Crippen LogP contribution in [0.1, 0.15) is 5.56 Å². The Hall–Kier alpha value is -1.56. The van der Waals surface area contributed by atoms with E-state index in [2.05, 4.69) is 11.1 Å². The van der Waals surface area contributed by atoms with Gasteiger partial charge in [-0.1, -0.05) is 23.2 Å². The van der Waals surface area contributed by atoms with Crippen molar-refractivity contribution in [3.05, 3.63) is 52.1 Å². The van der Waals surface area contributed by atoms with Gasteiger partial charge in [-0.15, -0.1) is 0 Å². The van der Waals surface area contributed by atoms with Crippen molar-refractivity contribution >= 4 is 23.2 Å². The van der Waals surface area contributed by atoms with Crippen molar-refractivity contribution in [1.82, 2.24) is 4.98 Å². The molecule has 2 rings (SSSR count). The Morgan fingerprint density at radius 3 is 2.38 bits per heavy atom. The highest BCUT2D eigenvalue weighted by Gasteiger charge is 2.03. The smallest absolute Gasteiger partial charge is 0.0992 e. The molecule has 2 nitrogen and oxygen atoms in total. The molecule has 0 aliphatic carbocycles. The van der Waals surface area contributed by atoms with Crippen LogP contribution < -0.4 is 0 Å². The quantitative estimate of drug-likeness (QED) is 0.767. The van der Waals surface area contributed by atoms with Crippen molar-refractivity contribution in [2.75, 3.05) is 0 Å². The third kappa shape index (κ3) is 2.33. The van der Waals surface area contributed by atoms with E-state index in [1.807, 2.05) is 0 Å². The van der Waals surface area contributed by atoms with Gasteiger partial charge in [-0.05, 0) is 30.3 Å². The minimum atomic E-state index is 0.548. The zero-order valence-corrected chi connectivity index (χ0v) is 9.63. The van der Waals surface area contributed by atoms with Crippen LogP contribution in [0.2, 0.25) is 10.0 Å². The molecule has 0 atom stereocenters. The zero-order valence-electron chi connectivity index (χ0n) is 8.11. The van der Waals surface area contributed by atoms with Crippen molar-refractivity contribution in [2.45, 2.75) is 0 Å². The molecule has 16 heavy (non-hydrogen) atoms. The van der Waals surface area contributed by atoms with E-state index in [9.17, 15) is 0 Å². The lowest BCUT2D eigenvalue weighted by molar-refractivity contribution is 1.31. The molecular weight excluding hydrogens is 243 g/mol. The summed E-state index contributed by atoms with van der Waals surface area (Å²) in [5.74, 6) is 0. The van der Waals surface area contributed by atoms with Gasteiger partial charge in [0.2, 0.25) is 0 Å². The SMILES string of the molecule is N#Cc1ccnc(-c2cc(Cl)cc(Cl)c2)c1. The maximum Gasteiger partial charge on any atom is 0.0992 e. The number of aromatic nitrogens is 1. The van der Waals surface area contributed by atoms with Crippen LogP contribution in [0.5, 0.6) is 0 Å². The summed E-state index contributed by atoms with van der Waals surface area (Å²) in [6.07, 6.45) is 1.59. The average Bonchev–Trinajstić information content (AvgIpc) is 2.28. The summed E-state index contributed by atoms with van der Waals surface area (Å²) >= 11 is 11.8. The first-order valence-corrected chi connectivity index (χ1v) is 5.27. The summed E-state index contributed by atoms with van der Waals surface area (Å²) in [7, 11) is 0. The number of rotatable bonds is 1. The highest BCUT2D eigenvalue weighted by Crippen LogP contribution is 2.26. The fourth-order valence-electron chi connectivity index (χ4n) is 1.36. The molecule has 0 fully saturated rings. The maximum atomic E-state index is 8.79. The minimum absolute atomic E-state index is 0.548. The van der Waals surface area contributed by atoms with Gasteiger partial charge < -0.3 is 0 Å². The van der Waals surface area contributed by atoms with E-state index < -0.39 is 0 Å². The Balaban J connectivity index is 2.54. The van der Waals surface area contributed by atoms with E-state index in [4.69, 9.17) is 28.5 Å². The van der Waals surface area contributed by atoms with Crippen LogP contribution in [-0.4, -0.2) is 4.98 Å². The lowest BCUT2D eigenvalue weighted by Crippen LogP contribution is -1.85. The molecule has 1 aromatic heterocycles. The Morgan fingerprint density at radius 1 is 1.06 bits per heavy atom. The average molecular weight is 249 g/mol. The summed E-state index contributed by atoms with van der Waals surface area (Å²) in [6, 6.07) is 10.6. The van der Waals surface area contributed by atoms with Crippen LogP contribution in [0.25, 0.3) is 11.3 Å². The number of hydrogen-bond donors (Lipinski definition) is 0. The Morgan fingerprint density at radius 2 is 1.75 bits per heavy atom. The molecule has 4 heteroatoms.